The third-order valence-corrected chi connectivity index (χ3v) is 2.59. The van der Waals surface area contributed by atoms with Crippen molar-refractivity contribution in [1.82, 2.24) is 4.98 Å². The predicted octanol–water partition coefficient (Wildman–Crippen LogP) is 3.84. The molecule has 1 nitrogen and oxygen atoms in total. The van der Waals surface area contributed by atoms with Gasteiger partial charge in [-0.2, -0.15) is 0 Å². The summed E-state index contributed by atoms with van der Waals surface area (Å²) in [6.45, 7) is 6.91. The lowest BCUT2D eigenvalue weighted by Gasteiger charge is -2.23. The summed E-state index contributed by atoms with van der Waals surface area (Å²) in [4.78, 5) is 4.37. The molecular formula is C13H21N. The maximum Gasteiger partial charge on any atom is 0.0408 e. The van der Waals surface area contributed by atoms with E-state index >= 15 is 0 Å². The number of rotatable bonds is 5. The summed E-state index contributed by atoms with van der Waals surface area (Å²) < 4.78 is 0. The normalized spacial score (nSPS) is 11.6. The molecule has 0 aliphatic carbocycles. The average Bonchev–Trinajstić information content (AvgIpc) is 2.16. The van der Waals surface area contributed by atoms with Crippen LogP contribution in [0.15, 0.2) is 24.4 Å². The zero-order valence-electron chi connectivity index (χ0n) is 9.59. The molecule has 1 heterocycles. The van der Waals surface area contributed by atoms with Crippen molar-refractivity contribution in [2.75, 3.05) is 0 Å². The number of unbranched alkanes of at least 4 members (excludes halogenated alkanes) is 1. The highest BCUT2D eigenvalue weighted by atomic mass is 14.7. The Balaban J connectivity index is 2.50. The van der Waals surface area contributed by atoms with Crippen molar-refractivity contribution in [2.45, 2.75) is 46.5 Å². The van der Waals surface area contributed by atoms with Crippen LogP contribution in [0.4, 0.5) is 0 Å². The molecule has 0 aromatic carbocycles. The molecular weight excluding hydrogens is 170 g/mol. The van der Waals surface area contributed by atoms with E-state index in [0.29, 0.717) is 5.41 Å². The minimum atomic E-state index is 0.393. The standard InChI is InChI=1S/C13H21N/c1-4-5-9-13(2,3)11-12-8-6-7-10-14-12/h6-8,10H,4-5,9,11H2,1-3H3. The number of pyridine rings is 1. The van der Waals surface area contributed by atoms with E-state index in [2.05, 4.69) is 37.9 Å². The van der Waals surface area contributed by atoms with E-state index in [-0.39, 0.29) is 0 Å². The van der Waals surface area contributed by atoms with Crippen LogP contribution in [-0.2, 0) is 6.42 Å². The molecule has 0 aliphatic heterocycles. The van der Waals surface area contributed by atoms with Gasteiger partial charge in [-0.25, -0.2) is 0 Å². The van der Waals surface area contributed by atoms with Gasteiger partial charge < -0.3 is 0 Å². The number of aromatic nitrogens is 1. The maximum absolute atomic E-state index is 4.37. The molecule has 0 radical (unpaired) electrons. The first kappa shape index (κ1) is 11.2. The summed E-state index contributed by atoms with van der Waals surface area (Å²) in [7, 11) is 0. The number of hydrogen-bond acceptors (Lipinski definition) is 1. The van der Waals surface area contributed by atoms with Gasteiger partial charge in [0.2, 0.25) is 0 Å². The van der Waals surface area contributed by atoms with Gasteiger partial charge in [0, 0.05) is 11.9 Å². The van der Waals surface area contributed by atoms with Gasteiger partial charge in [0.05, 0.1) is 0 Å². The van der Waals surface area contributed by atoms with Gasteiger partial charge in [0.1, 0.15) is 0 Å². The smallest absolute Gasteiger partial charge is 0.0408 e. The Bertz CT molecular complexity index is 251. The molecule has 0 atom stereocenters. The topological polar surface area (TPSA) is 12.9 Å². The van der Waals surface area contributed by atoms with Crippen molar-refractivity contribution in [3.8, 4) is 0 Å². The van der Waals surface area contributed by atoms with E-state index in [9.17, 15) is 0 Å². The Morgan fingerprint density at radius 3 is 2.64 bits per heavy atom. The van der Waals surface area contributed by atoms with Gasteiger partial charge in [0.15, 0.2) is 0 Å². The molecule has 0 spiro atoms. The van der Waals surface area contributed by atoms with E-state index < -0.39 is 0 Å². The first-order valence-electron chi connectivity index (χ1n) is 5.54. The minimum absolute atomic E-state index is 0.393. The lowest BCUT2D eigenvalue weighted by Crippen LogP contribution is -2.15. The van der Waals surface area contributed by atoms with Crippen LogP contribution in [0.2, 0.25) is 0 Å². The Morgan fingerprint density at radius 2 is 2.07 bits per heavy atom. The number of nitrogens with zero attached hydrogens (tertiary/aromatic N) is 1. The summed E-state index contributed by atoms with van der Waals surface area (Å²) in [6.07, 6.45) is 6.87. The van der Waals surface area contributed by atoms with Crippen molar-refractivity contribution in [3.63, 3.8) is 0 Å². The third kappa shape index (κ3) is 3.91. The lowest BCUT2D eigenvalue weighted by atomic mass is 9.83. The van der Waals surface area contributed by atoms with Gasteiger partial charge >= 0.3 is 0 Å². The van der Waals surface area contributed by atoms with E-state index in [4.69, 9.17) is 0 Å². The lowest BCUT2D eigenvalue weighted by molar-refractivity contribution is 0.318. The Kier molecular flexibility index (Phi) is 4.12. The van der Waals surface area contributed by atoms with E-state index in [1.165, 1.54) is 25.0 Å². The van der Waals surface area contributed by atoms with Crippen molar-refractivity contribution in [3.05, 3.63) is 30.1 Å². The van der Waals surface area contributed by atoms with Gasteiger partial charge in [-0.05, 0) is 30.4 Å². The summed E-state index contributed by atoms with van der Waals surface area (Å²) in [5.74, 6) is 0. The Morgan fingerprint density at radius 1 is 1.29 bits per heavy atom. The van der Waals surface area contributed by atoms with Crippen molar-refractivity contribution in [1.29, 1.82) is 0 Å². The highest BCUT2D eigenvalue weighted by molar-refractivity contribution is 5.05. The zero-order chi connectivity index (χ0) is 10.4. The van der Waals surface area contributed by atoms with Crippen molar-refractivity contribution in [2.24, 2.45) is 5.41 Å². The van der Waals surface area contributed by atoms with Crippen LogP contribution in [0.25, 0.3) is 0 Å². The summed E-state index contributed by atoms with van der Waals surface area (Å²) in [5, 5.41) is 0. The van der Waals surface area contributed by atoms with Crippen molar-refractivity contribution >= 4 is 0 Å². The van der Waals surface area contributed by atoms with Crippen LogP contribution in [0.3, 0.4) is 0 Å². The maximum atomic E-state index is 4.37. The van der Waals surface area contributed by atoms with Crippen LogP contribution in [-0.4, -0.2) is 4.98 Å². The molecule has 1 aromatic rings. The van der Waals surface area contributed by atoms with Crippen LogP contribution in [0, 0.1) is 5.41 Å². The Labute approximate surface area is 87.6 Å². The second-order valence-corrected chi connectivity index (χ2v) is 4.77. The summed E-state index contributed by atoms with van der Waals surface area (Å²) in [6, 6.07) is 6.16. The van der Waals surface area contributed by atoms with Crippen LogP contribution < -0.4 is 0 Å². The molecule has 0 fully saturated rings. The summed E-state index contributed by atoms with van der Waals surface area (Å²) >= 11 is 0. The van der Waals surface area contributed by atoms with Gasteiger partial charge in [0.25, 0.3) is 0 Å². The number of hydrogen-bond donors (Lipinski definition) is 0. The fourth-order valence-electron chi connectivity index (χ4n) is 1.74. The highest BCUT2D eigenvalue weighted by Gasteiger charge is 2.17. The largest absolute Gasteiger partial charge is 0.261 e. The molecule has 0 N–H and O–H groups in total. The van der Waals surface area contributed by atoms with E-state index in [0.717, 1.165) is 6.42 Å². The zero-order valence-corrected chi connectivity index (χ0v) is 9.59. The molecule has 1 heteroatoms. The Hall–Kier alpha value is -0.850. The molecule has 0 bridgehead atoms. The molecule has 1 rings (SSSR count). The molecule has 0 aliphatic rings. The average molecular weight is 191 g/mol. The molecule has 1 aromatic heterocycles. The minimum Gasteiger partial charge on any atom is -0.261 e. The molecule has 14 heavy (non-hydrogen) atoms. The summed E-state index contributed by atoms with van der Waals surface area (Å²) in [5.41, 5.74) is 1.61. The quantitative estimate of drug-likeness (QED) is 0.689. The van der Waals surface area contributed by atoms with Gasteiger partial charge in [-0.1, -0.05) is 39.7 Å². The SMILES string of the molecule is CCCCC(C)(C)Cc1ccccn1. The second-order valence-electron chi connectivity index (χ2n) is 4.77. The van der Waals surface area contributed by atoms with E-state index in [1.54, 1.807) is 0 Å². The third-order valence-electron chi connectivity index (χ3n) is 2.59. The fourth-order valence-corrected chi connectivity index (χ4v) is 1.74. The monoisotopic (exact) mass is 191 g/mol. The highest BCUT2D eigenvalue weighted by Crippen LogP contribution is 2.27. The van der Waals surface area contributed by atoms with Crippen LogP contribution >= 0.6 is 0 Å². The first-order valence-corrected chi connectivity index (χ1v) is 5.54. The predicted molar refractivity (Wildman–Crippen MR) is 61.2 cm³/mol. The molecule has 78 valence electrons. The fraction of sp³-hybridized carbons (Fsp3) is 0.615. The van der Waals surface area contributed by atoms with Gasteiger partial charge in [-0.3, -0.25) is 4.98 Å². The van der Waals surface area contributed by atoms with Crippen LogP contribution in [0.1, 0.15) is 45.7 Å². The van der Waals surface area contributed by atoms with Crippen LogP contribution in [0.5, 0.6) is 0 Å². The molecule has 0 saturated carbocycles. The van der Waals surface area contributed by atoms with E-state index in [1.807, 2.05) is 12.3 Å². The first-order chi connectivity index (χ1) is 6.64. The van der Waals surface area contributed by atoms with Gasteiger partial charge in [-0.15, -0.1) is 0 Å². The molecule has 0 saturated heterocycles. The molecule has 0 amide bonds. The van der Waals surface area contributed by atoms with Crippen molar-refractivity contribution < 1.29 is 0 Å². The second kappa shape index (κ2) is 5.14. The molecule has 0 unspecified atom stereocenters.